The molecule has 0 aromatic rings. The molecule has 9 heteroatoms. The number of unbranched alkanes of at least 4 members (excludes halogenated alkanes) is 3. The van der Waals surface area contributed by atoms with Gasteiger partial charge in [0.15, 0.2) is 0 Å². The van der Waals surface area contributed by atoms with Crippen LogP contribution in [-0.4, -0.2) is 55.6 Å². The van der Waals surface area contributed by atoms with Crippen LogP contribution in [0.2, 0.25) is 0 Å². The molecule has 1 unspecified atom stereocenters. The van der Waals surface area contributed by atoms with Gasteiger partial charge in [0.1, 0.15) is 5.78 Å². The van der Waals surface area contributed by atoms with E-state index in [0.29, 0.717) is 12.8 Å². The second-order valence-electron chi connectivity index (χ2n) is 8.63. The van der Waals surface area contributed by atoms with Gasteiger partial charge in [-0.05, 0) is 38.0 Å². The number of aliphatic hydroxyl groups is 2. The van der Waals surface area contributed by atoms with Gasteiger partial charge in [-0.2, -0.15) is 0 Å². The Morgan fingerprint density at radius 2 is 2.00 bits per heavy atom. The summed E-state index contributed by atoms with van der Waals surface area (Å²) in [5.41, 5.74) is 0. The minimum atomic E-state index is -3.62. The van der Waals surface area contributed by atoms with Gasteiger partial charge in [-0.15, -0.1) is 0 Å². The van der Waals surface area contributed by atoms with Gasteiger partial charge < -0.3 is 14.9 Å². The Bertz CT molecular complexity index is 747. The van der Waals surface area contributed by atoms with E-state index in [0.717, 1.165) is 38.4 Å². The predicted octanol–water partition coefficient (Wildman–Crippen LogP) is 3.10. The third-order valence-electron chi connectivity index (χ3n) is 5.68. The van der Waals surface area contributed by atoms with Crippen LogP contribution in [0.1, 0.15) is 65.2 Å². The van der Waals surface area contributed by atoms with Crippen molar-refractivity contribution in [3.8, 4) is 0 Å². The summed E-state index contributed by atoms with van der Waals surface area (Å²) < 4.78 is 28.3. The average Bonchev–Trinajstić information content (AvgIpc) is 2.97. The molecule has 1 amide bonds. The van der Waals surface area contributed by atoms with Crippen LogP contribution in [0, 0.1) is 17.8 Å². The van der Waals surface area contributed by atoms with Crippen LogP contribution in [0.5, 0.6) is 0 Å². The quantitative estimate of drug-likeness (QED) is 0.261. The average molecular weight is 474 g/mol. The van der Waals surface area contributed by atoms with Gasteiger partial charge in [0, 0.05) is 18.3 Å². The Morgan fingerprint density at radius 3 is 2.66 bits per heavy atom. The first kappa shape index (κ1) is 28.3. The summed E-state index contributed by atoms with van der Waals surface area (Å²) in [6, 6.07) is 0. The maximum atomic E-state index is 12.3. The third kappa shape index (κ3) is 11.2. The maximum Gasteiger partial charge on any atom is 0.420 e. The van der Waals surface area contributed by atoms with Crippen LogP contribution < -0.4 is 4.72 Å². The second kappa shape index (κ2) is 14.4. The Labute approximate surface area is 192 Å². The number of carbonyl (C=O) groups excluding carboxylic acids is 2. The van der Waals surface area contributed by atoms with Crippen molar-refractivity contribution in [2.24, 2.45) is 17.8 Å². The van der Waals surface area contributed by atoms with Crippen LogP contribution in [0.25, 0.3) is 0 Å². The fourth-order valence-corrected chi connectivity index (χ4v) is 4.09. The lowest BCUT2D eigenvalue weighted by Gasteiger charge is -2.19. The van der Waals surface area contributed by atoms with E-state index < -0.39 is 28.3 Å². The number of hydrogen-bond acceptors (Lipinski definition) is 7. The summed E-state index contributed by atoms with van der Waals surface area (Å²) in [6.45, 7) is 4.24. The number of sulfonamides is 1. The van der Waals surface area contributed by atoms with Crippen molar-refractivity contribution in [1.29, 1.82) is 0 Å². The van der Waals surface area contributed by atoms with Gasteiger partial charge >= 0.3 is 6.09 Å². The van der Waals surface area contributed by atoms with E-state index >= 15 is 0 Å². The number of Topliss-reactive ketones (excluding diaryl/α,β-unsaturated/α-hetero) is 1. The number of nitrogens with one attached hydrogen (secondary N) is 1. The van der Waals surface area contributed by atoms with Crippen molar-refractivity contribution in [1.82, 2.24) is 4.72 Å². The van der Waals surface area contributed by atoms with E-state index in [9.17, 15) is 28.2 Å². The topological polar surface area (TPSA) is 130 Å². The number of allylic oxidation sites excluding steroid dienone is 2. The smallest absolute Gasteiger partial charge is 0.420 e. The Kier molecular flexibility index (Phi) is 12.8. The van der Waals surface area contributed by atoms with Gasteiger partial charge in [-0.25, -0.2) is 17.9 Å². The highest BCUT2D eigenvalue weighted by Crippen LogP contribution is 2.33. The summed E-state index contributed by atoms with van der Waals surface area (Å²) in [4.78, 5) is 23.5. The Hall–Kier alpha value is -1.71. The second-order valence-corrected chi connectivity index (χ2v) is 10.4. The third-order valence-corrected chi connectivity index (χ3v) is 6.22. The van der Waals surface area contributed by atoms with Gasteiger partial charge in [-0.1, -0.05) is 51.0 Å². The molecule has 0 spiro atoms. The van der Waals surface area contributed by atoms with E-state index in [1.54, 1.807) is 16.9 Å². The molecule has 0 aliphatic heterocycles. The minimum Gasteiger partial charge on any atom is -0.449 e. The number of rotatable bonds is 14. The molecule has 0 aromatic heterocycles. The SMILES string of the molecule is CCCCC(C)[C@H](O)/C=C/[C@H]1[C@H](O)CC(=O)[C@@H]1C/C=C\CCCCOC(=O)NS(C)(=O)=O. The van der Waals surface area contributed by atoms with Gasteiger partial charge in [0.25, 0.3) is 0 Å². The molecule has 184 valence electrons. The normalized spacial score (nSPS) is 23.7. The molecular weight excluding hydrogens is 434 g/mol. The van der Waals surface area contributed by atoms with Crippen molar-refractivity contribution in [2.75, 3.05) is 12.9 Å². The molecule has 0 bridgehead atoms. The molecule has 0 saturated heterocycles. The zero-order chi connectivity index (χ0) is 24.1. The van der Waals surface area contributed by atoms with Crippen LogP contribution >= 0.6 is 0 Å². The zero-order valence-electron chi connectivity index (χ0n) is 19.4. The summed E-state index contributed by atoms with van der Waals surface area (Å²) in [6.07, 6.45) is 11.8. The lowest BCUT2D eigenvalue weighted by Crippen LogP contribution is -2.30. The number of ketones is 1. The van der Waals surface area contributed by atoms with E-state index in [-0.39, 0.29) is 36.6 Å². The monoisotopic (exact) mass is 473 g/mol. The van der Waals surface area contributed by atoms with Gasteiger partial charge in [-0.3, -0.25) is 4.79 Å². The molecule has 1 aliphatic carbocycles. The molecule has 32 heavy (non-hydrogen) atoms. The number of aliphatic hydroxyl groups excluding tert-OH is 2. The highest BCUT2D eigenvalue weighted by atomic mass is 32.2. The molecule has 1 fully saturated rings. The first-order chi connectivity index (χ1) is 15.0. The van der Waals surface area contributed by atoms with Crippen molar-refractivity contribution in [2.45, 2.75) is 77.4 Å². The van der Waals surface area contributed by atoms with Gasteiger partial charge in [0.05, 0.1) is 25.1 Å². The molecule has 3 N–H and O–H groups in total. The molecular formula is C23H39NO7S. The Balaban J connectivity index is 2.39. The van der Waals surface area contributed by atoms with Crippen LogP contribution in [0.3, 0.4) is 0 Å². The van der Waals surface area contributed by atoms with Crippen molar-refractivity contribution in [3.63, 3.8) is 0 Å². The number of amides is 1. The van der Waals surface area contributed by atoms with Crippen LogP contribution in [0.15, 0.2) is 24.3 Å². The highest BCUT2D eigenvalue weighted by Gasteiger charge is 2.39. The highest BCUT2D eigenvalue weighted by molar-refractivity contribution is 7.89. The molecule has 1 saturated carbocycles. The molecule has 0 heterocycles. The van der Waals surface area contributed by atoms with E-state index in [1.807, 2.05) is 19.1 Å². The number of hydrogen-bond donors (Lipinski definition) is 3. The number of ether oxygens (including phenoxy) is 1. The van der Waals surface area contributed by atoms with Crippen LogP contribution in [-0.2, 0) is 19.6 Å². The van der Waals surface area contributed by atoms with E-state index in [2.05, 4.69) is 6.92 Å². The van der Waals surface area contributed by atoms with Crippen molar-refractivity contribution < 1.29 is 33.0 Å². The first-order valence-electron chi connectivity index (χ1n) is 11.4. The van der Waals surface area contributed by atoms with Crippen molar-refractivity contribution in [3.05, 3.63) is 24.3 Å². The molecule has 0 aromatic carbocycles. The first-order valence-corrected chi connectivity index (χ1v) is 13.3. The van der Waals surface area contributed by atoms with E-state index in [4.69, 9.17) is 4.74 Å². The minimum absolute atomic E-state index is 0.0376. The standard InChI is InChI=1S/C23H39NO7S/c1-4-5-11-17(2)20(25)14-13-19-18(21(26)16-22(19)27)12-9-7-6-8-10-15-31-23(28)24-32(3,29)30/h7,9,13-14,17-20,22,25,27H,4-6,8,10-12,15-16H2,1-3H3,(H,24,28)/b9-7-,14-13+/t17?,18-,19-,20-,22-/m1/s1. The van der Waals surface area contributed by atoms with E-state index in [1.165, 1.54) is 0 Å². The summed E-state index contributed by atoms with van der Waals surface area (Å²) in [5.74, 6) is -0.406. The lowest BCUT2D eigenvalue weighted by molar-refractivity contribution is -0.121. The molecule has 1 rings (SSSR count). The molecule has 0 radical (unpaired) electrons. The fraction of sp³-hybridized carbons (Fsp3) is 0.739. The summed E-state index contributed by atoms with van der Waals surface area (Å²) >= 11 is 0. The molecule has 1 aliphatic rings. The van der Waals surface area contributed by atoms with Gasteiger partial charge in [0.2, 0.25) is 10.0 Å². The lowest BCUT2D eigenvalue weighted by atomic mass is 9.89. The number of carbonyl (C=O) groups is 2. The predicted molar refractivity (Wildman–Crippen MR) is 123 cm³/mol. The molecule has 8 nitrogen and oxygen atoms in total. The fourth-order valence-electron chi connectivity index (χ4n) is 3.73. The summed E-state index contributed by atoms with van der Waals surface area (Å²) in [7, 11) is -3.62. The molecule has 5 atom stereocenters. The van der Waals surface area contributed by atoms with Crippen molar-refractivity contribution >= 4 is 21.9 Å². The largest absolute Gasteiger partial charge is 0.449 e. The maximum absolute atomic E-state index is 12.3. The zero-order valence-corrected chi connectivity index (χ0v) is 20.2. The Morgan fingerprint density at radius 1 is 1.28 bits per heavy atom. The van der Waals surface area contributed by atoms with Crippen LogP contribution in [0.4, 0.5) is 4.79 Å². The summed E-state index contributed by atoms with van der Waals surface area (Å²) in [5, 5.41) is 20.6.